The van der Waals surface area contributed by atoms with E-state index in [1.54, 1.807) is 25.6 Å². The van der Waals surface area contributed by atoms with E-state index in [0.29, 0.717) is 6.54 Å². The molecule has 1 aromatic heterocycles. The Bertz CT molecular complexity index is 1420. The van der Waals surface area contributed by atoms with Crippen molar-refractivity contribution >= 4 is 23.4 Å². The van der Waals surface area contributed by atoms with Crippen molar-refractivity contribution < 1.29 is 9.53 Å². The number of rotatable bonds is 10. The molecule has 0 saturated carbocycles. The van der Waals surface area contributed by atoms with Gasteiger partial charge in [-0.3, -0.25) is 14.7 Å². The first-order valence-electron chi connectivity index (χ1n) is 14.2. The van der Waals surface area contributed by atoms with Crippen LogP contribution >= 0.6 is 0 Å². The van der Waals surface area contributed by atoms with E-state index in [0.717, 1.165) is 60.7 Å². The molecular formula is C35H38N4O2. The molecule has 0 bridgehead atoms. The Morgan fingerprint density at radius 1 is 0.878 bits per heavy atom. The van der Waals surface area contributed by atoms with E-state index in [-0.39, 0.29) is 11.9 Å². The summed E-state index contributed by atoms with van der Waals surface area (Å²) in [6, 6.07) is 31.0. The zero-order valence-electron chi connectivity index (χ0n) is 23.9. The van der Waals surface area contributed by atoms with E-state index in [1.807, 2.05) is 54.4 Å². The third kappa shape index (κ3) is 7.41. The molecule has 1 saturated heterocycles. The minimum atomic E-state index is 0.0235. The van der Waals surface area contributed by atoms with Gasteiger partial charge in [0.05, 0.1) is 7.11 Å². The van der Waals surface area contributed by atoms with Crippen molar-refractivity contribution in [2.75, 3.05) is 32.1 Å². The van der Waals surface area contributed by atoms with Crippen molar-refractivity contribution in [1.29, 1.82) is 0 Å². The number of likely N-dealkylation sites (tertiary alicyclic amines) is 1. The van der Waals surface area contributed by atoms with Crippen molar-refractivity contribution in [2.45, 2.75) is 32.0 Å². The summed E-state index contributed by atoms with van der Waals surface area (Å²) in [5, 5.41) is 0. The van der Waals surface area contributed by atoms with Crippen LogP contribution in [0.3, 0.4) is 0 Å². The number of pyridine rings is 1. The number of anilines is 2. The first-order chi connectivity index (χ1) is 20.1. The lowest BCUT2D eigenvalue weighted by atomic mass is 10.0. The van der Waals surface area contributed by atoms with E-state index in [1.165, 1.54) is 5.56 Å². The Kier molecular flexibility index (Phi) is 9.45. The van der Waals surface area contributed by atoms with E-state index in [9.17, 15) is 4.79 Å². The highest BCUT2D eigenvalue weighted by Crippen LogP contribution is 2.26. The summed E-state index contributed by atoms with van der Waals surface area (Å²) in [6.07, 6.45) is 9.06. The number of carbonyl (C=O) groups excluding carboxylic acids is 1. The Morgan fingerprint density at radius 2 is 1.54 bits per heavy atom. The van der Waals surface area contributed by atoms with Crippen LogP contribution in [0, 0.1) is 0 Å². The van der Waals surface area contributed by atoms with Gasteiger partial charge in [-0.15, -0.1) is 0 Å². The van der Waals surface area contributed by atoms with Crippen molar-refractivity contribution in [1.82, 2.24) is 14.8 Å². The van der Waals surface area contributed by atoms with Crippen LogP contribution in [0.2, 0.25) is 0 Å². The molecule has 0 unspecified atom stereocenters. The Labute approximate surface area is 243 Å². The number of benzene rings is 3. The first kappa shape index (κ1) is 28.1. The number of hydrogen-bond donors (Lipinski definition) is 0. The molecular weight excluding hydrogens is 508 g/mol. The number of methoxy groups -OCH3 is 1. The number of hydrogen-bond acceptors (Lipinski definition) is 5. The Morgan fingerprint density at radius 3 is 2.24 bits per heavy atom. The highest BCUT2D eigenvalue weighted by Gasteiger charge is 2.27. The third-order valence-electron chi connectivity index (χ3n) is 7.80. The monoisotopic (exact) mass is 546 g/mol. The van der Waals surface area contributed by atoms with Crippen LogP contribution in [0.5, 0.6) is 5.75 Å². The quantitative estimate of drug-likeness (QED) is 0.211. The number of aromatic nitrogens is 1. The second-order valence-corrected chi connectivity index (χ2v) is 10.5. The van der Waals surface area contributed by atoms with Crippen molar-refractivity contribution in [3.8, 4) is 5.75 Å². The van der Waals surface area contributed by atoms with E-state index >= 15 is 0 Å². The summed E-state index contributed by atoms with van der Waals surface area (Å²) in [6.45, 7) is 3.45. The summed E-state index contributed by atoms with van der Waals surface area (Å²) >= 11 is 0. The lowest BCUT2D eigenvalue weighted by molar-refractivity contribution is -0.130. The molecule has 5 rings (SSSR count). The van der Waals surface area contributed by atoms with Crippen molar-refractivity contribution in [2.24, 2.45) is 0 Å². The number of nitrogens with zero attached hydrogens (tertiary/aromatic N) is 4. The van der Waals surface area contributed by atoms with Gasteiger partial charge in [-0.1, -0.05) is 60.7 Å². The summed E-state index contributed by atoms with van der Waals surface area (Å²) in [5.74, 6) is 0.779. The fraction of sp³-hybridized carbons (Fsp3) is 0.257. The summed E-state index contributed by atoms with van der Waals surface area (Å²) in [5.41, 5.74) is 5.50. The minimum absolute atomic E-state index is 0.0235. The van der Waals surface area contributed by atoms with Crippen LogP contribution in [-0.4, -0.2) is 54.0 Å². The van der Waals surface area contributed by atoms with Gasteiger partial charge in [0, 0.05) is 74.7 Å². The van der Waals surface area contributed by atoms with Gasteiger partial charge in [0.15, 0.2) is 0 Å². The SMILES string of the molecule is COc1ccccc1C=CC(=O)N(Cc1ccc(N(C)c2ccncc2)cc1)C1CCN(Cc2ccccc2)CC1. The number of ether oxygens (including phenoxy) is 1. The van der Waals surface area contributed by atoms with Crippen LogP contribution in [0.4, 0.5) is 11.4 Å². The van der Waals surface area contributed by atoms with E-state index < -0.39 is 0 Å². The van der Waals surface area contributed by atoms with Crippen molar-refractivity contribution in [3.63, 3.8) is 0 Å². The Hall–Kier alpha value is -4.42. The summed E-state index contributed by atoms with van der Waals surface area (Å²) < 4.78 is 5.48. The lowest BCUT2D eigenvalue weighted by Crippen LogP contribution is -2.46. The van der Waals surface area contributed by atoms with Gasteiger partial charge < -0.3 is 14.5 Å². The molecule has 0 atom stereocenters. The topological polar surface area (TPSA) is 48.9 Å². The zero-order chi connectivity index (χ0) is 28.4. The number of carbonyl (C=O) groups is 1. The smallest absolute Gasteiger partial charge is 0.247 e. The number of piperidine rings is 1. The molecule has 0 spiro atoms. The highest BCUT2D eigenvalue weighted by molar-refractivity contribution is 5.92. The maximum atomic E-state index is 13.7. The summed E-state index contributed by atoms with van der Waals surface area (Å²) in [7, 11) is 3.70. The molecule has 0 N–H and O–H groups in total. The molecule has 41 heavy (non-hydrogen) atoms. The fourth-order valence-corrected chi connectivity index (χ4v) is 5.42. The maximum absolute atomic E-state index is 13.7. The van der Waals surface area contributed by atoms with E-state index in [4.69, 9.17) is 4.74 Å². The molecule has 6 heteroatoms. The largest absolute Gasteiger partial charge is 0.496 e. The molecule has 210 valence electrons. The second kappa shape index (κ2) is 13.8. The second-order valence-electron chi connectivity index (χ2n) is 10.5. The standard InChI is InChI=1S/C35H38N4O2/c1-37(32-18-22-36-23-19-32)31-15-12-29(13-16-31)27-39(35(40)17-14-30-10-6-7-11-34(30)41-2)33-20-24-38(25-21-33)26-28-8-4-3-5-9-28/h3-19,22-23,33H,20-21,24-27H2,1-2H3. The van der Waals surface area contributed by atoms with Gasteiger partial charge in [-0.25, -0.2) is 0 Å². The van der Waals surface area contributed by atoms with Gasteiger partial charge >= 0.3 is 0 Å². The lowest BCUT2D eigenvalue weighted by Gasteiger charge is -2.38. The molecule has 1 fully saturated rings. The van der Waals surface area contributed by atoms with E-state index in [2.05, 4.69) is 69.4 Å². The molecule has 6 nitrogen and oxygen atoms in total. The maximum Gasteiger partial charge on any atom is 0.247 e. The molecule has 3 aromatic carbocycles. The van der Waals surface area contributed by atoms with Gasteiger partial charge in [-0.2, -0.15) is 0 Å². The Balaban J connectivity index is 1.31. The molecule has 0 aliphatic carbocycles. The summed E-state index contributed by atoms with van der Waals surface area (Å²) in [4.78, 5) is 24.5. The average Bonchev–Trinajstić information content (AvgIpc) is 3.04. The van der Waals surface area contributed by atoms with Crippen LogP contribution < -0.4 is 9.64 Å². The zero-order valence-corrected chi connectivity index (χ0v) is 23.9. The molecule has 1 aliphatic rings. The molecule has 1 aliphatic heterocycles. The van der Waals surface area contributed by atoms with Gasteiger partial charge in [0.1, 0.15) is 5.75 Å². The van der Waals surface area contributed by atoms with Crippen molar-refractivity contribution in [3.05, 3.63) is 126 Å². The van der Waals surface area contributed by atoms with Crippen LogP contribution in [0.15, 0.2) is 109 Å². The number of amides is 1. The van der Waals surface area contributed by atoms with Gasteiger partial charge in [0.2, 0.25) is 5.91 Å². The predicted molar refractivity (Wildman–Crippen MR) is 166 cm³/mol. The van der Waals surface area contributed by atoms with Gasteiger partial charge in [-0.05, 0) is 60.4 Å². The molecule has 1 amide bonds. The molecule has 2 heterocycles. The number of para-hydroxylation sites is 1. The average molecular weight is 547 g/mol. The van der Waals surface area contributed by atoms with Gasteiger partial charge in [0.25, 0.3) is 0 Å². The van der Waals surface area contributed by atoms with Crippen LogP contribution in [-0.2, 0) is 17.9 Å². The molecule has 0 radical (unpaired) electrons. The molecule has 4 aromatic rings. The predicted octanol–water partition coefficient (Wildman–Crippen LogP) is 6.56. The fourth-order valence-electron chi connectivity index (χ4n) is 5.42. The van der Waals surface area contributed by atoms with Crippen LogP contribution in [0.25, 0.3) is 6.08 Å². The first-order valence-corrected chi connectivity index (χ1v) is 14.2. The highest BCUT2D eigenvalue weighted by atomic mass is 16.5. The third-order valence-corrected chi connectivity index (χ3v) is 7.80. The normalized spacial score (nSPS) is 14.2. The minimum Gasteiger partial charge on any atom is -0.496 e. The van der Waals surface area contributed by atoms with Crippen LogP contribution in [0.1, 0.15) is 29.5 Å².